The predicted molar refractivity (Wildman–Crippen MR) is 194 cm³/mol. The molecule has 4 heteroatoms. The first kappa shape index (κ1) is 36.4. The van der Waals surface area contributed by atoms with Gasteiger partial charge in [-0.3, -0.25) is 0 Å². The highest BCUT2D eigenvalue weighted by molar-refractivity contribution is 5.51. The van der Waals surface area contributed by atoms with Crippen LogP contribution in [0.2, 0.25) is 0 Å². The molecular weight excluding hydrogens is 580 g/mol. The van der Waals surface area contributed by atoms with Gasteiger partial charge in [0.15, 0.2) is 0 Å². The molecule has 0 fully saturated rings. The van der Waals surface area contributed by atoms with Crippen molar-refractivity contribution < 1.29 is 20.1 Å². The summed E-state index contributed by atoms with van der Waals surface area (Å²) in [5, 5.41) is 32.8. The van der Waals surface area contributed by atoms with E-state index in [0.717, 1.165) is 27.8 Å². The number of aliphatic hydroxyl groups is 3. The quantitative estimate of drug-likeness (QED) is 0.154. The molecule has 0 saturated heterocycles. The van der Waals surface area contributed by atoms with Gasteiger partial charge in [-0.25, -0.2) is 0 Å². The lowest BCUT2D eigenvalue weighted by molar-refractivity contribution is -0.0751. The van der Waals surface area contributed by atoms with Crippen molar-refractivity contribution in [2.24, 2.45) is 5.41 Å². The van der Waals surface area contributed by atoms with Crippen LogP contribution in [0.1, 0.15) is 114 Å². The maximum Gasteiger partial charge on any atom is 0.136 e. The van der Waals surface area contributed by atoms with Gasteiger partial charge in [-0.2, -0.15) is 0 Å². The Balaban J connectivity index is 2.04. The Bertz CT molecular complexity index is 1610. The van der Waals surface area contributed by atoms with Crippen LogP contribution in [-0.2, 0) is 21.7 Å². The molecule has 4 rings (SSSR count). The minimum Gasteiger partial charge on any atom is -0.485 e. The molecule has 0 aliphatic carbocycles. The highest BCUT2D eigenvalue weighted by Crippen LogP contribution is 2.47. The highest BCUT2D eigenvalue weighted by Gasteiger charge is 2.44. The van der Waals surface area contributed by atoms with E-state index in [1.54, 1.807) is 0 Å². The average molecular weight is 637 g/mol. The summed E-state index contributed by atoms with van der Waals surface area (Å²) in [6, 6.07) is 33.6. The van der Waals surface area contributed by atoms with Gasteiger partial charge in [-0.05, 0) is 50.3 Å². The van der Waals surface area contributed by atoms with Crippen molar-refractivity contribution in [1.82, 2.24) is 0 Å². The third-order valence-electron chi connectivity index (χ3n) is 10.1. The van der Waals surface area contributed by atoms with Gasteiger partial charge in [0.25, 0.3) is 0 Å². The molecule has 0 aromatic heterocycles. The first-order valence-corrected chi connectivity index (χ1v) is 16.8. The van der Waals surface area contributed by atoms with Gasteiger partial charge in [0, 0.05) is 16.4 Å². The Hall–Kier alpha value is -3.44. The molecule has 47 heavy (non-hydrogen) atoms. The lowest BCUT2D eigenvalue weighted by Crippen LogP contribution is -2.44. The molecule has 0 radical (unpaired) electrons. The molecule has 1 unspecified atom stereocenters. The molecule has 1 atom stereocenters. The number of aliphatic hydroxyl groups excluding tert-OH is 3. The van der Waals surface area contributed by atoms with Crippen LogP contribution >= 0.6 is 0 Å². The minimum atomic E-state index is -1.37. The smallest absolute Gasteiger partial charge is 0.136 e. The van der Waals surface area contributed by atoms with Crippen molar-refractivity contribution >= 4 is 0 Å². The maximum absolute atomic E-state index is 10.9. The fraction of sp³-hybridized carbons (Fsp3) is 0.442. The number of ether oxygens (including phenoxy) is 1. The fourth-order valence-corrected chi connectivity index (χ4v) is 6.45. The summed E-state index contributed by atoms with van der Waals surface area (Å²) in [4.78, 5) is 0. The summed E-state index contributed by atoms with van der Waals surface area (Å²) in [7, 11) is 0. The standard InChI is InChI=1S/C43H56O4/c1-39(2,3)32-21-23-34(35(25-32)41(7,8)30-17-13-11-14-18-30)38(43(27-44,28-45)29-46)47-37-24-22-33(40(4,5)6)26-36(37)42(9,10)31-19-15-12-16-20-31/h11-26,38,44-46H,27-29H2,1-10H3. The van der Waals surface area contributed by atoms with Gasteiger partial charge in [0.1, 0.15) is 11.9 Å². The molecular formula is C43H56O4. The zero-order chi connectivity index (χ0) is 34.8. The molecule has 3 N–H and O–H groups in total. The molecule has 4 aromatic carbocycles. The molecule has 0 spiro atoms. The van der Waals surface area contributed by atoms with Gasteiger partial charge < -0.3 is 20.1 Å². The summed E-state index contributed by atoms with van der Waals surface area (Å²) < 4.78 is 7.16. The average Bonchev–Trinajstić information content (AvgIpc) is 3.05. The van der Waals surface area contributed by atoms with E-state index in [1.807, 2.05) is 30.3 Å². The van der Waals surface area contributed by atoms with E-state index in [4.69, 9.17) is 4.74 Å². The highest BCUT2D eigenvalue weighted by atomic mass is 16.5. The van der Waals surface area contributed by atoms with E-state index < -0.39 is 42.2 Å². The third kappa shape index (κ3) is 7.36. The second kappa shape index (κ2) is 13.6. The van der Waals surface area contributed by atoms with Crippen molar-refractivity contribution in [3.63, 3.8) is 0 Å². The molecule has 4 aromatic rings. The molecule has 0 heterocycles. The van der Waals surface area contributed by atoms with Crippen molar-refractivity contribution in [2.75, 3.05) is 19.8 Å². The van der Waals surface area contributed by atoms with Crippen LogP contribution in [-0.4, -0.2) is 35.1 Å². The minimum absolute atomic E-state index is 0.0971. The summed E-state index contributed by atoms with van der Waals surface area (Å²) in [6.07, 6.45) is -0.875. The molecule has 4 nitrogen and oxygen atoms in total. The number of hydrogen-bond acceptors (Lipinski definition) is 4. The summed E-state index contributed by atoms with van der Waals surface area (Å²) in [5.74, 6) is 0.653. The van der Waals surface area contributed by atoms with Crippen molar-refractivity contribution in [3.8, 4) is 5.75 Å². The summed E-state index contributed by atoms with van der Waals surface area (Å²) >= 11 is 0. The van der Waals surface area contributed by atoms with Crippen LogP contribution in [0.5, 0.6) is 5.75 Å². The number of benzene rings is 4. The zero-order valence-corrected chi connectivity index (χ0v) is 30.2. The van der Waals surface area contributed by atoms with Gasteiger partial charge in [0.2, 0.25) is 0 Å². The first-order valence-electron chi connectivity index (χ1n) is 16.8. The number of rotatable bonds is 11. The van der Waals surface area contributed by atoms with E-state index >= 15 is 0 Å². The van der Waals surface area contributed by atoms with E-state index in [0.29, 0.717) is 5.75 Å². The van der Waals surface area contributed by atoms with Crippen LogP contribution in [0.25, 0.3) is 0 Å². The predicted octanol–water partition coefficient (Wildman–Crippen LogP) is 9.02. The SMILES string of the molecule is CC(C)(C)c1ccc(OC(c2ccc(C(C)(C)C)cc2C(C)(C)c2ccccc2)C(CO)(CO)CO)c(C(C)(C)c2ccccc2)c1. The summed E-state index contributed by atoms with van der Waals surface area (Å²) in [6.45, 7) is 20.6. The Morgan fingerprint density at radius 3 is 1.32 bits per heavy atom. The van der Waals surface area contributed by atoms with Gasteiger partial charge >= 0.3 is 0 Å². The molecule has 252 valence electrons. The molecule has 0 saturated carbocycles. The van der Waals surface area contributed by atoms with Crippen molar-refractivity contribution in [3.05, 3.63) is 136 Å². The van der Waals surface area contributed by atoms with Crippen LogP contribution < -0.4 is 4.74 Å². The van der Waals surface area contributed by atoms with Gasteiger partial charge in [0.05, 0.1) is 25.2 Å². The van der Waals surface area contributed by atoms with Crippen LogP contribution in [0, 0.1) is 5.41 Å². The second-order valence-corrected chi connectivity index (χ2v) is 16.3. The Labute approximate surface area is 283 Å². The van der Waals surface area contributed by atoms with Crippen molar-refractivity contribution in [1.29, 1.82) is 0 Å². The zero-order valence-electron chi connectivity index (χ0n) is 30.2. The maximum atomic E-state index is 10.9. The third-order valence-corrected chi connectivity index (χ3v) is 10.1. The second-order valence-electron chi connectivity index (χ2n) is 16.3. The van der Waals surface area contributed by atoms with E-state index in [2.05, 4.69) is 136 Å². The molecule has 0 amide bonds. The Kier molecular flexibility index (Phi) is 10.5. The lowest BCUT2D eigenvalue weighted by Gasteiger charge is -2.41. The normalized spacial score (nSPS) is 13.8. The van der Waals surface area contributed by atoms with Crippen LogP contribution in [0.15, 0.2) is 97.1 Å². The Morgan fingerprint density at radius 1 is 0.489 bits per heavy atom. The van der Waals surface area contributed by atoms with Gasteiger partial charge in [-0.15, -0.1) is 0 Å². The summed E-state index contributed by atoms with van der Waals surface area (Å²) in [5.41, 5.74) is 4.98. The van der Waals surface area contributed by atoms with Crippen LogP contribution in [0.4, 0.5) is 0 Å². The van der Waals surface area contributed by atoms with E-state index in [-0.39, 0.29) is 10.8 Å². The fourth-order valence-electron chi connectivity index (χ4n) is 6.45. The molecule has 0 bridgehead atoms. The van der Waals surface area contributed by atoms with Gasteiger partial charge in [-0.1, -0.05) is 160 Å². The monoisotopic (exact) mass is 636 g/mol. The molecule has 0 aliphatic heterocycles. The number of hydrogen-bond donors (Lipinski definition) is 3. The van der Waals surface area contributed by atoms with Crippen molar-refractivity contribution in [2.45, 2.75) is 97.0 Å². The van der Waals surface area contributed by atoms with Crippen LogP contribution in [0.3, 0.4) is 0 Å². The first-order chi connectivity index (χ1) is 21.9. The largest absolute Gasteiger partial charge is 0.485 e. The topological polar surface area (TPSA) is 69.9 Å². The lowest BCUT2D eigenvalue weighted by atomic mass is 9.69. The van der Waals surface area contributed by atoms with E-state index in [1.165, 1.54) is 11.1 Å². The molecule has 0 aliphatic rings. The Morgan fingerprint density at radius 2 is 0.894 bits per heavy atom. The van der Waals surface area contributed by atoms with E-state index in [9.17, 15) is 15.3 Å².